The van der Waals surface area contributed by atoms with E-state index in [1.54, 1.807) is 32.0 Å². The molecule has 0 spiro atoms. The first-order valence-corrected chi connectivity index (χ1v) is 7.56. The van der Waals surface area contributed by atoms with Crippen LogP contribution in [0.3, 0.4) is 0 Å². The molecule has 0 N–H and O–H groups in total. The van der Waals surface area contributed by atoms with Crippen molar-refractivity contribution in [2.24, 2.45) is 0 Å². The highest BCUT2D eigenvalue weighted by Gasteiger charge is 2.16. The van der Waals surface area contributed by atoms with Crippen molar-refractivity contribution in [2.45, 2.75) is 13.8 Å². The number of halogens is 3. The van der Waals surface area contributed by atoms with E-state index in [0.717, 1.165) is 8.26 Å². The maximum Gasteiger partial charge on any atom is 0.203 e. The second-order valence-corrected chi connectivity index (χ2v) is 7.21. The zero-order chi connectivity index (χ0) is 13.4. The normalized spacial score (nSPS) is 10.7. The fraction of sp³-hybridized carbons (Fsp3) is 0.154. The van der Waals surface area contributed by atoms with Crippen molar-refractivity contribution in [1.29, 1.82) is 0 Å². The van der Waals surface area contributed by atoms with Gasteiger partial charge in [-0.1, -0.05) is 0 Å². The van der Waals surface area contributed by atoms with Crippen LogP contribution in [0, 0.1) is 19.7 Å². The molecule has 1 aromatic heterocycles. The largest absolute Gasteiger partial charge is 0.288 e. The second kappa shape index (κ2) is 5.23. The Kier molecular flexibility index (Phi) is 4.04. The summed E-state index contributed by atoms with van der Waals surface area (Å²) in [6.45, 7) is 3.33. The van der Waals surface area contributed by atoms with E-state index in [1.807, 2.05) is 0 Å². The van der Waals surface area contributed by atoms with Gasteiger partial charge in [-0.15, -0.1) is 11.3 Å². The summed E-state index contributed by atoms with van der Waals surface area (Å²) < 4.78 is 15.3. The molecule has 94 valence electrons. The third-order valence-electron chi connectivity index (χ3n) is 2.57. The van der Waals surface area contributed by atoms with Crippen LogP contribution in [0.2, 0.25) is 0 Å². The minimum Gasteiger partial charge on any atom is -0.288 e. The summed E-state index contributed by atoms with van der Waals surface area (Å²) in [7, 11) is 0. The van der Waals surface area contributed by atoms with Crippen molar-refractivity contribution in [1.82, 2.24) is 0 Å². The lowest BCUT2D eigenvalue weighted by Crippen LogP contribution is -2.01. The van der Waals surface area contributed by atoms with E-state index in [4.69, 9.17) is 0 Å². The van der Waals surface area contributed by atoms with Crippen molar-refractivity contribution in [2.75, 3.05) is 0 Å². The minimum absolute atomic E-state index is 0.0856. The van der Waals surface area contributed by atoms with Gasteiger partial charge >= 0.3 is 0 Å². The van der Waals surface area contributed by atoms with Gasteiger partial charge in [0.2, 0.25) is 5.78 Å². The first-order valence-electron chi connectivity index (χ1n) is 5.16. The van der Waals surface area contributed by atoms with E-state index >= 15 is 0 Å². The van der Waals surface area contributed by atoms with Crippen LogP contribution in [0.15, 0.2) is 26.5 Å². The monoisotopic (exact) mass is 390 g/mol. The summed E-state index contributed by atoms with van der Waals surface area (Å²) >= 11 is 8.07. The number of hydrogen-bond donors (Lipinski definition) is 0. The molecule has 2 rings (SSSR count). The molecule has 0 aliphatic carbocycles. The summed E-state index contributed by atoms with van der Waals surface area (Å²) in [4.78, 5) is 12.9. The van der Waals surface area contributed by atoms with Crippen LogP contribution in [0.1, 0.15) is 26.4 Å². The topological polar surface area (TPSA) is 17.1 Å². The molecule has 0 saturated heterocycles. The van der Waals surface area contributed by atoms with E-state index in [2.05, 4.69) is 31.9 Å². The molecule has 2 aromatic rings. The minimum atomic E-state index is -0.250. The summed E-state index contributed by atoms with van der Waals surface area (Å²) in [6, 6.07) is 4.95. The summed E-state index contributed by atoms with van der Waals surface area (Å²) in [5, 5.41) is 0. The van der Waals surface area contributed by atoms with Crippen LogP contribution in [0.25, 0.3) is 0 Å². The average molecular weight is 392 g/mol. The van der Waals surface area contributed by atoms with Crippen molar-refractivity contribution < 1.29 is 9.18 Å². The van der Waals surface area contributed by atoms with Crippen LogP contribution in [0.4, 0.5) is 4.39 Å². The molecule has 0 saturated carbocycles. The van der Waals surface area contributed by atoms with Gasteiger partial charge in [0.15, 0.2) is 0 Å². The Morgan fingerprint density at radius 2 is 1.72 bits per heavy atom. The van der Waals surface area contributed by atoms with Gasteiger partial charge in [-0.25, -0.2) is 4.39 Å². The van der Waals surface area contributed by atoms with E-state index in [9.17, 15) is 9.18 Å². The van der Waals surface area contributed by atoms with Gasteiger partial charge in [0.05, 0.1) is 8.66 Å². The van der Waals surface area contributed by atoms with Gasteiger partial charge in [0.1, 0.15) is 5.82 Å². The number of rotatable bonds is 2. The van der Waals surface area contributed by atoms with Crippen LogP contribution >= 0.6 is 43.2 Å². The first-order chi connectivity index (χ1) is 8.40. The Morgan fingerprint density at radius 3 is 2.17 bits per heavy atom. The lowest BCUT2D eigenvalue weighted by Gasteiger charge is -2.04. The van der Waals surface area contributed by atoms with Gasteiger partial charge in [-0.2, -0.15) is 0 Å². The van der Waals surface area contributed by atoms with E-state index in [-0.39, 0.29) is 11.6 Å². The molecule has 0 aliphatic rings. The Bertz CT molecular complexity index is 591. The maximum absolute atomic E-state index is 13.5. The number of carbonyl (C=O) groups excluding carboxylic acids is 1. The smallest absolute Gasteiger partial charge is 0.203 e. The molecule has 0 atom stereocenters. The standard InChI is InChI=1S/C13H9Br2FOS/c1-6-3-8(4-7(2)11(6)16)12(17)10-5-9(14)13(15)18-10/h3-5H,1-2H3. The Hall–Kier alpha value is -0.520. The number of hydrogen-bond acceptors (Lipinski definition) is 2. The molecule has 1 nitrogen and oxygen atoms in total. The molecular formula is C13H9Br2FOS. The highest BCUT2D eigenvalue weighted by molar-refractivity contribution is 9.13. The molecule has 0 unspecified atom stereocenters. The number of carbonyl (C=O) groups is 1. The lowest BCUT2D eigenvalue weighted by atomic mass is 10.0. The van der Waals surface area contributed by atoms with Gasteiger partial charge in [-0.3, -0.25) is 4.79 Å². The van der Waals surface area contributed by atoms with Crippen LogP contribution in [0.5, 0.6) is 0 Å². The Labute approximate surface area is 125 Å². The molecule has 5 heteroatoms. The quantitative estimate of drug-likeness (QED) is 0.638. The number of benzene rings is 1. The average Bonchev–Trinajstić information content (AvgIpc) is 2.65. The molecule has 18 heavy (non-hydrogen) atoms. The van der Waals surface area contributed by atoms with E-state index in [0.29, 0.717) is 21.6 Å². The molecule has 0 aliphatic heterocycles. The number of ketones is 1. The van der Waals surface area contributed by atoms with Crippen LogP contribution in [-0.4, -0.2) is 5.78 Å². The number of thiophene rings is 1. The SMILES string of the molecule is Cc1cc(C(=O)c2cc(Br)c(Br)s2)cc(C)c1F. The molecule has 0 radical (unpaired) electrons. The third kappa shape index (κ3) is 2.58. The predicted octanol–water partition coefficient (Wildman–Crippen LogP) is 5.26. The Balaban J connectivity index is 2.46. The molecular weight excluding hydrogens is 383 g/mol. The van der Waals surface area contributed by atoms with Crippen LogP contribution in [-0.2, 0) is 0 Å². The van der Waals surface area contributed by atoms with E-state index in [1.165, 1.54) is 11.3 Å². The molecule has 0 bridgehead atoms. The highest BCUT2D eigenvalue weighted by atomic mass is 79.9. The second-order valence-electron chi connectivity index (χ2n) is 3.99. The Morgan fingerprint density at radius 1 is 1.17 bits per heavy atom. The summed E-state index contributed by atoms with van der Waals surface area (Å²) in [5.41, 5.74) is 1.51. The van der Waals surface area contributed by atoms with Gasteiger partial charge < -0.3 is 0 Å². The fourth-order valence-corrected chi connectivity index (χ4v) is 3.68. The van der Waals surface area contributed by atoms with Crippen LogP contribution < -0.4 is 0 Å². The van der Waals surface area contributed by atoms with Crippen molar-refractivity contribution in [3.63, 3.8) is 0 Å². The summed E-state index contributed by atoms with van der Waals surface area (Å²) in [6.07, 6.45) is 0. The number of aryl methyl sites for hydroxylation is 2. The van der Waals surface area contributed by atoms with Gasteiger partial charge in [0, 0.05) is 10.0 Å². The molecule has 0 fully saturated rings. The lowest BCUT2D eigenvalue weighted by molar-refractivity contribution is 0.104. The van der Waals surface area contributed by atoms with Gasteiger partial charge in [0.25, 0.3) is 0 Å². The molecule has 1 heterocycles. The van der Waals surface area contributed by atoms with Gasteiger partial charge in [-0.05, 0) is 75.0 Å². The van der Waals surface area contributed by atoms with Crippen molar-refractivity contribution >= 4 is 49.0 Å². The zero-order valence-electron chi connectivity index (χ0n) is 9.68. The van der Waals surface area contributed by atoms with Crippen molar-refractivity contribution in [3.8, 4) is 0 Å². The van der Waals surface area contributed by atoms with E-state index < -0.39 is 0 Å². The van der Waals surface area contributed by atoms with Crippen molar-refractivity contribution in [3.05, 3.63) is 53.8 Å². The third-order valence-corrected chi connectivity index (χ3v) is 5.82. The highest BCUT2D eigenvalue weighted by Crippen LogP contribution is 2.33. The first kappa shape index (κ1) is 13.9. The molecule has 0 amide bonds. The summed E-state index contributed by atoms with van der Waals surface area (Å²) in [5.74, 6) is -0.335. The molecule has 1 aromatic carbocycles. The predicted molar refractivity (Wildman–Crippen MR) is 79.0 cm³/mol. The zero-order valence-corrected chi connectivity index (χ0v) is 13.7. The maximum atomic E-state index is 13.5. The fourth-order valence-electron chi connectivity index (χ4n) is 1.68.